The summed E-state index contributed by atoms with van der Waals surface area (Å²) in [6.45, 7) is 4.75. The Labute approximate surface area is 249 Å². The molecular formula is C32H36F4N4O2S. The molecule has 1 aliphatic carbocycles. The molecule has 2 bridgehead atoms. The number of nitrogens with two attached hydrogens (primary N) is 1. The summed E-state index contributed by atoms with van der Waals surface area (Å²) in [6.07, 6.45) is 0.900. The lowest BCUT2D eigenvalue weighted by Crippen LogP contribution is -2.55. The Kier molecular flexibility index (Phi) is 7.68. The molecule has 1 aromatic heterocycles. The highest BCUT2D eigenvalue weighted by Crippen LogP contribution is 2.56. The van der Waals surface area contributed by atoms with Gasteiger partial charge in [-0.05, 0) is 90.2 Å². The van der Waals surface area contributed by atoms with Gasteiger partial charge in [-0.1, -0.05) is 44.5 Å². The number of rotatable bonds is 6. The molecule has 6 rings (SSSR count). The van der Waals surface area contributed by atoms with Crippen LogP contribution < -0.4 is 11.1 Å². The van der Waals surface area contributed by atoms with E-state index in [1.807, 2.05) is 18.2 Å². The van der Waals surface area contributed by atoms with Gasteiger partial charge in [0.15, 0.2) is 0 Å². The van der Waals surface area contributed by atoms with Gasteiger partial charge in [-0.3, -0.25) is 4.98 Å². The molecule has 43 heavy (non-hydrogen) atoms. The van der Waals surface area contributed by atoms with Gasteiger partial charge in [-0.15, -0.1) is 0 Å². The van der Waals surface area contributed by atoms with Gasteiger partial charge in [0.2, 0.25) is 10.0 Å². The minimum Gasteiger partial charge on any atom is -0.330 e. The van der Waals surface area contributed by atoms with Crippen molar-refractivity contribution in [2.45, 2.75) is 81.2 Å². The number of nitrogens with zero attached hydrogens (tertiary/aromatic N) is 2. The number of halogens is 4. The molecule has 5 unspecified atom stereocenters. The molecule has 11 heteroatoms. The number of hydrogen-bond donors (Lipinski definition) is 2. The number of benzene rings is 2. The zero-order chi connectivity index (χ0) is 30.7. The van der Waals surface area contributed by atoms with Gasteiger partial charge in [-0.25, -0.2) is 12.8 Å². The van der Waals surface area contributed by atoms with Gasteiger partial charge < -0.3 is 11.1 Å². The maximum Gasteiger partial charge on any atom is 0.433 e. The smallest absolute Gasteiger partial charge is 0.330 e. The van der Waals surface area contributed by atoms with E-state index in [0.29, 0.717) is 12.5 Å². The molecule has 2 aliphatic heterocycles. The maximum atomic E-state index is 14.2. The highest BCUT2D eigenvalue weighted by atomic mass is 32.2. The van der Waals surface area contributed by atoms with Crippen molar-refractivity contribution in [3.05, 3.63) is 83.4 Å². The Morgan fingerprint density at radius 1 is 1.05 bits per heavy atom. The first-order chi connectivity index (χ1) is 20.3. The molecule has 3 aromatic rings. The number of alkyl halides is 3. The average Bonchev–Trinajstić information content (AvgIpc) is 3.20. The molecule has 0 spiro atoms. The standard InChI is InChI=1S/C32H36F4N4O2S/c1-31(2)13-3-4-22(16-31)39-27-15-28-24-11-7-20(19-5-8-21(33)9-6-19)14-25(24)30(26(27)17-37)40(28)43(41,42)23-10-12-29(38-18-23)32(34,35)36/h5-12,14,18,22,26-28,30,39H,3-4,13,15-17,37H2,1-2H3. The van der Waals surface area contributed by atoms with Crippen LogP contribution in [0, 0.1) is 17.2 Å². The number of piperidine rings is 1. The maximum absolute atomic E-state index is 14.2. The summed E-state index contributed by atoms with van der Waals surface area (Å²) in [7, 11) is -4.26. The SMILES string of the molecule is CC1(C)CCCC(NC2CC3c4ccc(-c5ccc(F)cc5)cc4C(C2CN)N3S(=O)(=O)c2ccc(C(F)(F)F)nc2)C1. The third kappa shape index (κ3) is 5.61. The fourth-order valence-corrected chi connectivity index (χ4v) is 9.25. The van der Waals surface area contributed by atoms with Crippen LogP contribution in [0.1, 0.15) is 74.9 Å². The molecule has 6 nitrogen and oxygen atoms in total. The molecule has 1 saturated carbocycles. The van der Waals surface area contributed by atoms with Crippen molar-refractivity contribution in [2.75, 3.05) is 6.54 Å². The Morgan fingerprint density at radius 2 is 1.77 bits per heavy atom. The number of hydrogen-bond acceptors (Lipinski definition) is 5. The van der Waals surface area contributed by atoms with Crippen LogP contribution in [0.3, 0.4) is 0 Å². The summed E-state index contributed by atoms with van der Waals surface area (Å²) in [5, 5.41) is 3.86. The second-order valence-corrected chi connectivity index (χ2v) is 14.7. The van der Waals surface area contributed by atoms with Crippen LogP contribution >= 0.6 is 0 Å². The quantitative estimate of drug-likeness (QED) is 0.305. The van der Waals surface area contributed by atoms with Crippen molar-refractivity contribution in [1.29, 1.82) is 0 Å². The van der Waals surface area contributed by atoms with Gasteiger partial charge in [-0.2, -0.15) is 17.5 Å². The van der Waals surface area contributed by atoms with Crippen LogP contribution in [0.4, 0.5) is 17.6 Å². The Morgan fingerprint density at radius 3 is 2.40 bits per heavy atom. The van der Waals surface area contributed by atoms with Crippen molar-refractivity contribution in [3.8, 4) is 11.1 Å². The summed E-state index contributed by atoms with van der Waals surface area (Å²) < 4.78 is 83.1. The molecule has 3 N–H and O–H groups in total. The summed E-state index contributed by atoms with van der Waals surface area (Å²) in [6, 6.07) is 12.6. The second kappa shape index (κ2) is 10.9. The predicted octanol–water partition coefficient (Wildman–Crippen LogP) is 6.60. The van der Waals surface area contributed by atoms with Crippen LogP contribution in [0.5, 0.6) is 0 Å². The van der Waals surface area contributed by atoms with Crippen LogP contribution in [0.25, 0.3) is 11.1 Å². The summed E-state index contributed by atoms with van der Waals surface area (Å²) >= 11 is 0. The monoisotopic (exact) mass is 616 g/mol. The lowest BCUT2D eigenvalue weighted by atomic mass is 9.74. The zero-order valence-corrected chi connectivity index (χ0v) is 24.9. The summed E-state index contributed by atoms with van der Waals surface area (Å²) in [5.74, 6) is -0.644. The Bertz CT molecular complexity index is 1590. The number of sulfonamides is 1. The lowest BCUT2D eigenvalue weighted by Gasteiger charge is -2.46. The van der Waals surface area contributed by atoms with E-state index in [-0.39, 0.29) is 40.7 Å². The Hall–Kier alpha value is -2.86. The number of fused-ring (bicyclic) bond motifs is 5. The van der Waals surface area contributed by atoms with Crippen LogP contribution in [-0.2, 0) is 16.2 Å². The molecule has 230 valence electrons. The molecule has 3 aliphatic rings. The average molecular weight is 617 g/mol. The van der Waals surface area contributed by atoms with E-state index in [1.54, 1.807) is 12.1 Å². The van der Waals surface area contributed by atoms with E-state index in [2.05, 4.69) is 24.1 Å². The first kappa shape index (κ1) is 30.2. The van der Waals surface area contributed by atoms with Gasteiger partial charge in [0.05, 0.1) is 12.1 Å². The molecule has 0 amide bonds. The minimum atomic E-state index is -4.68. The van der Waals surface area contributed by atoms with Crippen molar-refractivity contribution in [1.82, 2.24) is 14.6 Å². The van der Waals surface area contributed by atoms with E-state index in [0.717, 1.165) is 60.2 Å². The second-order valence-electron chi connectivity index (χ2n) is 12.9. The van der Waals surface area contributed by atoms with Gasteiger partial charge >= 0.3 is 6.18 Å². The van der Waals surface area contributed by atoms with Crippen LogP contribution in [-0.4, -0.2) is 36.3 Å². The van der Waals surface area contributed by atoms with Crippen molar-refractivity contribution < 1.29 is 26.0 Å². The Balaban J connectivity index is 1.41. The predicted molar refractivity (Wildman–Crippen MR) is 156 cm³/mol. The van der Waals surface area contributed by atoms with Gasteiger partial charge in [0.1, 0.15) is 16.4 Å². The fraction of sp³-hybridized carbons (Fsp3) is 0.469. The topological polar surface area (TPSA) is 88.3 Å². The molecule has 2 aromatic carbocycles. The molecule has 5 atom stereocenters. The molecule has 2 fully saturated rings. The highest BCUT2D eigenvalue weighted by Gasteiger charge is 2.55. The molecule has 0 radical (unpaired) electrons. The third-order valence-corrected chi connectivity index (χ3v) is 11.3. The van der Waals surface area contributed by atoms with Crippen LogP contribution in [0.15, 0.2) is 65.7 Å². The fourth-order valence-electron chi connectivity index (χ4n) is 7.48. The number of pyridine rings is 1. The van der Waals surface area contributed by atoms with E-state index in [1.165, 1.54) is 16.4 Å². The van der Waals surface area contributed by atoms with E-state index in [9.17, 15) is 26.0 Å². The lowest BCUT2D eigenvalue weighted by molar-refractivity contribution is -0.141. The highest BCUT2D eigenvalue weighted by molar-refractivity contribution is 7.89. The normalized spacial score (nSPS) is 27.2. The van der Waals surface area contributed by atoms with Gasteiger partial charge in [0, 0.05) is 24.2 Å². The van der Waals surface area contributed by atoms with Crippen molar-refractivity contribution in [3.63, 3.8) is 0 Å². The third-order valence-electron chi connectivity index (χ3n) is 9.45. The van der Waals surface area contributed by atoms with Gasteiger partial charge in [0.25, 0.3) is 0 Å². The number of aromatic nitrogens is 1. The number of nitrogens with one attached hydrogen (secondary N) is 1. The van der Waals surface area contributed by atoms with Crippen LogP contribution in [0.2, 0.25) is 0 Å². The van der Waals surface area contributed by atoms with E-state index < -0.39 is 34.0 Å². The molecule has 3 heterocycles. The van der Waals surface area contributed by atoms with E-state index in [4.69, 9.17) is 5.73 Å². The first-order valence-electron chi connectivity index (χ1n) is 14.7. The molecule has 1 saturated heterocycles. The first-order valence-corrected chi connectivity index (χ1v) is 16.2. The van der Waals surface area contributed by atoms with Crippen molar-refractivity contribution in [2.24, 2.45) is 17.1 Å². The largest absolute Gasteiger partial charge is 0.433 e. The summed E-state index contributed by atoms with van der Waals surface area (Å²) in [4.78, 5) is 3.14. The van der Waals surface area contributed by atoms with E-state index >= 15 is 0 Å². The minimum absolute atomic E-state index is 0.0576. The molecular weight excluding hydrogens is 580 g/mol. The zero-order valence-electron chi connectivity index (χ0n) is 24.1. The van der Waals surface area contributed by atoms with Crippen molar-refractivity contribution >= 4 is 10.0 Å². The summed E-state index contributed by atoms with van der Waals surface area (Å²) in [5.41, 5.74) is 8.76.